The lowest BCUT2D eigenvalue weighted by molar-refractivity contribution is 0.107. The van der Waals surface area contributed by atoms with Crippen LogP contribution in [-0.4, -0.2) is 41.8 Å². The molecule has 0 heterocycles. The third kappa shape index (κ3) is 6.68. The summed E-state index contributed by atoms with van der Waals surface area (Å²) >= 11 is 0. The summed E-state index contributed by atoms with van der Waals surface area (Å²) in [5.74, 6) is 0. The summed E-state index contributed by atoms with van der Waals surface area (Å²) < 4.78 is 35.0. The summed E-state index contributed by atoms with van der Waals surface area (Å²) in [5, 5.41) is 20.2. The number of rotatable bonds is 10. The van der Waals surface area contributed by atoms with Crippen LogP contribution in [-0.2, 0) is 19.0 Å². The number of nitriles is 2. The molecule has 3 aromatic rings. The van der Waals surface area contributed by atoms with E-state index in [0.29, 0.717) is 18.7 Å². The summed E-state index contributed by atoms with van der Waals surface area (Å²) in [7, 11) is -1.83. The summed E-state index contributed by atoms with van der Waals surface area (Å²) in [4.78, 5) is 2.18. The highest BCUT2D eigenvalue weighted by Crippen LogP contribution is 2.26. The van der Waals surface area contributed by atoms with E-state index >= 15 is 0 Å². The Hall–Kier alpha value is -3.69. The number of anilines is 1. The van der Waals surface area contributed by atoms with Crippen LogP contribution in [0.2, 0.25) is 0 Å². The van der Waals surface area contributed by atoms with E-state index in [1.807, 2.05) is 61.3 Å². The van der Waals surface area contributed by atoms with Crippen molar-refractivity contribution in [1.82, 2.24) is 0 Å². The van der Waals surface area contributed by atoms with Crippen molar-refractivity contribution < 1.29 is 17.3 Å². The van der Waals surface area contributed by atoms with Crippen LogP contribution in [0.3, 0.4) is 0 Å². The predicted octanol–water partition coefficient (Wildman–Crippen LogP) is 4.83. The Morgan fingerprint density at radius 3 is 2.26 bits per heavy atom. The Morgan fingerprint density at radius 2 is 1.57 bits per heavy atom. The standard InChI is InChI=1S/C27H27N3O4S/c1-20-4-10-27(11-5-20)35(31,32)34-15-14-33-13-12-30(3)26-9-8-23-16-22(6-7-24(23)17-26)21(2)25(18-28)19-29/h4-11,16-17H,12-15H2,1-3H3. The van der Waals surface area contributed by atoms with Crippen LogP contribution in [0.1, 0.15) is 18.1 Å². The molecule has 3 aromatic carbocycles. The molecule has 7 nitrogen and oxygen atoms in total. The van der Waals surface area contributed by atoms with E-state index in [2.05, 4.69) is 6.07 Å². The van der Waals surface area contributed by atoms with Crippen molar-refractivity contribution in [2.75, 3.05) is 38.3 Å². The molecule has 0 N–H and O–H groups in total. The van der Waals surface area contributed by atoms with E-state index in [-0.39, 0.29) is 23.7 Å². The van der Waals surface area contributed by atoms with Crippen molar-refractivity contribution in [2.24, 2.45) is 0 Å². The number of fused-ring (bicyclic) bond motifs is 1. The van der Waals surface area contributed by atoms with E-state index < -0.39 is 10.1 Å². The zero-order valence-electron chi connectivity index (χ0n) is 20.0. The molecule has 0 aliphatic rings. The van der Waals surface area contributed by atoms with Gasteiger partial charge in [0.2, 0.25) is 0 Å². The fourth-order valence-electron chi connectivity index (χ4n) is 3.45. The number of nitrogens with zero attached hydrogens (tertiary/aromatic N) is 3. The topological polar surface area (TPSA) is 103 Å². The molecule has 0 fully saturated rings. The molecule has 0 aliphatic heterocycles. The van der Waals surface area contributed by atoms with E-state index in [4.69, 9.17) is 19.4 Å². The van der Waals surface area contributed by atoms with Gasteiger partial charge in [-0.2, -0.15) is 18.9 Å². The number of benzene rings is 3. The molecule has 3 rings (SSSR count). The van der Waals surface area contributed by atoms with Gasteiger partial charge in [0.05, 0.1) is 24.7 Å². The fraction of sp³-hybridized carbons (Fsp3) is 0.259. The minimum atomic E-state index is -3.79. The van der Waals surface area contributed by atoms with Crippen LogP contribution in [0.5, 0.6) is 0 Å². The molecule has 35 heavy (non-hydrogen) atoms. The molecule has 0 bridgehead atoms. The minimum absolute atomic E-state index is 0.0502. The number of aryl methyl sites for hydroxylation is 1. The van der Waals surface area contributed by atoms with Gasteiger partial charge >= 0.3 is 0 Å². The number of allylic oxidation sites excluding steroid dienone is 2. The lowest BCUT2D eigenvalue weighted by Crippen LogP contribution is -2.23. The third-order valence-corrected chi connectivity index (χ3v) is 6.97. The van der Waals surface area contributed by atoms with Crippen LogP contribution >= 0.6 is 0 Å². The van der Waals surface area contributed by atoms with Gasteiger partial charge in [0, 0.05) is 19.3 Å². The van der Waals surface area contributed by atoms with Crippen LogP contribution < -0.4 is 4.90 Å². The van der Waals surface area contributed by atoms with E-state index in [0.717, 1.165) is 27.6 Å². The summed E-state index contributed by atoms with van der Waals surface area (Å²) in [6.07, 6.45) is 0. The molecule has 0 atom stereocenters. The van der Waals surface area contributed by atoms with Gasteiger partial charge < -0.3 is 9.64 Å². The normalized spacial score (nSPS) is 11.0. The maximum absolute atomic E-state index is 12.2. The highest BCUT2D eigenvalue weighted by molar-refractivity contribution is 7.86. The molecule has 180 valence electrons. The van der Waals surface area contributed by atoms with Crippen molar-refractivity contribution in [3.63, 3.8) is 0 Å². The molecule has 0 amide bonds. The lowest BCUT2D eigenvalue weighted by atomic mass is 9.99. The van der Waals surface area contributed by atoms with Gasteiger partial charge in [-0.05, 0) is 66.1 Å². The highest BCUT2D eigenvalue weighted by atomic mass is 32.2. The number of ether oxygens (including phenoxy) is 1. The molecule has 0 aliphatic carbocycles. The van der Waals surface area contributed by atoms with Crippen molar-refractivity contribution in [3.8, 4) is 12.1 Å². The van der Waals surface area contributed by atoms with Gasteiger partial charge in [-0.1, -0.05) is 35.9 Å². The van der Waals surface area contributed by atoms with Crippen molar-refractivity contribution in [2.45, 2.75) is 18.7 Å². The zero-order chi connectivity index (χ0) is 25.4. The Bertz CT molecular complexity index is 1400. The molecule has 0 spiro atoms. The van der Waals surface area contributed by atoms with E-state index in [1.54, 1.807) is 19.1 Å². The monoisotopic (exact) mass is 489 g/mol. The van der Waals surface area contributed by atoms with E-state index in [9.17, 15) is 8.42 Å². The van der Waals surface area contributed by atoms with Crippen LogP contribution in [0, 0.1) is 29.6 Å². The SMILES string of the molecule is CC(=C(C#N)C#N)c1ccc2cc(N(C)CCOCCOS(=O)(=O)c3ccc(C)cc3)ccc2c1. The van der Waals surface area contributed by atoms with Crippen LogP contribution in [0.15, 0.2) is 71.1 Å². The van der Waals surface area contributed by atoms with Crippen LogP contribution in [0.25, 0.3) is 16.3 Å². The Balaban J connectivity index is 1.51. The molecule has 0 radical (unpaired) electrons. The van der Waals surface area contributed by atoms with Gasteiger partial charge in [0.1, 0.15) is 17.7 Å². The molecule has 0 saturated carbocycles. The first kappa shape index (κ1) is 25.9. The number of hydrogen-bond donors (Lipinski definition) is 0. The second-order valence-corrected chi connectivity index (χ2v) is 9.71. The molecular weight excluding hydrogens is 462 g/mol. The van der Waals surface area contributed by atoms with Gasteiger partial charge in [-0.15, -0.1) is 0 Å². The summed E-state index contributed by atoms with van der Waals surface area (Å²) in [6, 6.07) is 22.3. The van der Waals surface area contributed by atoms with Gasteiger partial charge in [0.25, 0.3) is 10.1 Å². The second-order valence-electron chi connectivity index (χ2n) is 8.09. The van der Waals surface area contributed by atoms with Gasteiger partial charge in [-0.25, -0.2) is 0 Å². The maximum Gasteiger partial charge on any atom is 0.297 e. The molecule has 0 aromatic heterocycles. The first-order valence-electron chi connectivity index (χ1n) is 11.1. The largest absolute Gasteiger partial charge is 0.377 e. The number of likely N-dealkylation sites (N-methyl/N-ethyl adjacent to an activating group) is 1. The van der Waals surface area contributed by atoms with E-state index in [1.165, 1.54) is 12.1 Å². The molecule has 0 saturated heterocycles. The second kappa shape index (κ2) is 11.6. The summed E-state index contributed by atoms with van der Waals surface area (Å²) in [6.45, 7) is 4.80. The Kier molecular flexibility index (Phi) is 8.62. The zero-order valence-corrected chi connectivity index (χ0v) is 20.8. The molecular formula is C27H27N3O4S. The highest BCUT2D eigenvalue weighted by Gasteiger charge is 2.14. The molecule has 0 unspecified atom stereocenters. The summed E-state index contributed by atoms with van der Waals surface area (Å²) in [5.41, 5.74) is 3.60. The average Bonchev–Trinajstić information content (AvgIpc) is 2.86. The van der Waals surface area contributed by atoms with Crippen molar-refractivity contribution >= 4 is 32.2 Å². The lowest BCUT2D eigenvalue weighted by Gasteiger charge is -2.20. The minimum Gasteiger partial charge on any atom is -0.377 e. The smallest absolute Gasteiger partial charge is 0.297 e. The fourth-order valence-corrected chi connectivity index (χ4v) is 4.34. The maximum atomic E-state index is 12.2. The van der Waals surface area contributed by atoms with Crippen molar-refractivity contribution in [3.05, 3.63) is 77.4 Å². The first-order chi connectivity index (χ1) is 16.7. The average molecular weight is 490 g/mol. The van der Waals surface area contributed by atoms with Gasteiger partial charge in [0.15, 0.2) is 0 Å². The Labute approximate surface area is 206 Å². The predicted molar refractivity (Wildman–Crippen MR) is 136 cm³/mol. The van der Waals surface area contributed by atoms with Crippen LogP contribution in [0.4, 0.5) is 5.69 Å². The molecule has 8 heteroatoms. The third-order valence-electron chi connectivity index (χ3n) is 5.64. The Morgan fingerprint density at radius 1 is 0.914 bits per heavy atom. The number of hydrogen-bond acceptors (Lipinski definition) is 7. The quantitative estimate of drug-likeness (QED) is 0.228. The first-order valence-corrected chi connectivity index (χ1v) is 12.5. The van der Waals surface area contributed by atoms with Crippen molar-refractivity contribution in [1.29, 1.82) is 10.5 Å². The van der Waals surface area contributed by atoms with Gasteiger partial charge in [-0.3, -0.25) is 4.18 Å².